The molecule has 0 spiro atoms. The van der Waals surface area contributed by atoms with Crippen LogP contribution in [0.3, 0.4) is 0 Å². The van der Waals surface area contributed by atoms with E-state index >= 15 is 0 Å². The number of nitrogen functional groups attached to an aromatic ring is 1. The summed E-state index contributed by atoms with van der Waals surface area (Å²) in [4.78, 5) is 0. The first kappa shape index (κ1) is 21.7. The van der Waals surface area contributed by atoms with Gasteiger partial charge in [0.2, 0.25) is 0 Å². The zero-order valence-electron chi connectivity index (χ0n) is 21.8. The summed E-state index contributed by atoms with van der Waals surface area (Å²) < 4.78 is 6.84. The van der Waals surface area contributed by atoms with Crippen LogP contribution >= 0.6 is 0 Å². The highest BCUT2D eigenvalue weighted by Gasteiger charge is 2.25. The van der Waals surface area contributed by atoms with E-state index in [1.165, 1.54) is 54.4 Å². The van der Waals surface area contributed by atoms with Gasteiger partial charge in [0, 0.05) is 43.5 Å². The number of rotatable bonds is 2. The van der Waals surface area contributed by atoms with Crippen molar-refractivity contribution < 1.29 is 0 Å². The fraction of sp³-hybridized carbons (Fsp3) is 0.0556. The molecular weight excluding hydrogens is 488 g/mol. The van der Waals surface area contributed by atoms with Crippen LogP contribution in [0.4, 0.5) is 0 Å². The standard InChI is InChI=1S/C36H26N4/c37-40-29-18-10-8-16-27(29)33-32(40)22-21-30-34(33)35-31(38(30)23-11-3-1-4-12-23)20-19-26-25-15-7-9-17-28(25)39(36(26)35)24-13-5-2-6-14-24/h1-13,15-22,24H,14,37H2. The van der Waals surface area contributed by atoms with Crippen LogP contribution in [0, 0.1) is 0 Å². The molecule has 4 heteroatoms. The van der Waals surface area contributed by atoms with Crippen molar-refractivity contribution in [3.63, 3.8) is 0 Å². The maximum Gasteiger partial charge on any atom is 0.0711 e. The highest BCUT2D eigenvalue weighted by Crippen LogP contribution is 2.46. The molecule has 3 aromatic heterocycles. The Bertz CT molecular complexity index is 2360. The average Bonchev–Trinajstić information content (AvgIpc) is 3.63. The monoisotopic (exact) mass is 514 g/mol. The summed E-state index contributed by atoms with van der Waals surface area (Å²) >= 11 is 0. The molecule has 9 rings (SSSR count). The Morgan fingerprint density at radius 3 is 2.08 bits per heavy atom. The topological polar surface area (TPSA) is 40.8 Å². The summed E-state index contributed by atoms with van der Waals surface area (Å²) in [7, 11) is 0. The summed E-state index contributed by atoms with van der Waals surface area (Å²) in [6.07, 6.45) is 9.92. The molecule has 0 aliphatic heterocycles. The smallest absolute Gasteiger partial charge is 0.0711 e. The molecule has 40 heavy (non-hydrogen) atoms. The lowest BCUT2D eigenvalue weighted by atomic mass is 10.0. The molecule has 1 aliphatic rings. The Kier molecular flexibility index (Phi) is 4.28. The molecule has 1 aliphatic carbocycles. The van der Waals surface area contributed by atoms with Crippen LogP contribution in [-0.2, 0) is 0 Å². The van der Waals surface area contributed by atoms with Crippen LogP contribution in [0.1, 0.15) is 12.5 Å². The fourth-order valence-electron chi connectivity index (χ4n) is 7.12. The van der Waals surface area contributed by atoms with Crippen LogP contribution in [0.15, 0.2) is 127 Å². The first-order valence-corrected chi connectivity index (χ1v) is 13.9. The highest BCUT2D eigenvalue weighted by atomic mass is 15.3. The van der Waals surface area contributed by atoms with Crippen LogP contribution in [0.2, 0.25) is 0 Å². The lowest BCUT2D eigenvalue weighted by molar-refractivity contribution is 0.649. The van der Waals surface area contributed by atoms with Gasteiger partial charge in [0.15, 0.2) is 0 Å². The molecule has 5 aromatic carbocycles. The largest absolute Gasteiger partial charge is 0.339 e. The van der Waals surface area contributed by atoms with Crippen LogP contribution in [0.5, 0.6) is 0 Å². The quantitative estimate of drug-likeness (QED) is 0.230. The molecule has 2 N–H and O–H groups in total. The second kappa shape index (κ2) is 7.90. The van der Waals surface area contributed by atoms with E-state index in [0.29, 0.717) is 0 Å². The lowest BCUT2D eigenvalue weighted by Crippen LogP contribution is -2.07. The summed E-state index contributed by atoms with van der Waals surface area (Å²) in [6, 6.07) is 37.3. The third-order valence-corrected chi connectivity index (χ3v) is 8.74. The van der Waals surface area contributed by atoms with Crippen molar-refractivity contribution in [2.75, 3.05) is 5.84 Å². The van der Waals surface area contributed by atoms with E-state index in [0.717, 1.165) is 23.1 Å². The van der Waals surface area contributed by atoms with Gasteiger partial charge in [-0.05, 0) is 48.9 Å². The van der Waals surface area contributed by atoms with Gasteiger partial charge in [-0.3, -0.25) is 4.68 Å². The number of hydrogen-bond acceptors (Lipinski definition) is 1. The van der Waals surface area contributed by atoms with E-state index in [1.54, 1.807) is 0 Å². The number of nitrogens with zero attached hydrogens (tertiary/aromatic N) is 3. The van der Waals surface area contributed by atoms with Crippen molar-refractivity contribution in [2.45, 2.75) is 12.5 Å². The number of para-hydroxylation sites is 3. The molecule has 0 fully saturated rings. The van der Waals surface area contributed by atoms with Crippen LogP contribution in [-0.4, -0.2) is 13.8 Å². The predicted octanol–water partition coefficient (Wildman–Crippen LogP) is 8.77. The first-order valence-electron chi connectivity index (χ1n) is 13.9. The molecule has 0 saturated heterocycles. The Morgan fingerprint density at radius 2 is 1.25 bits per heavy atom. The summed E-state index contributed by atoms with van der Waals surface area (Å²) in [6.45, 7) is 0. The molecule has 4 nitrogen and oxygen atoms in total. The zero-order chi connectivity index (χ0) is 26.4. The predicted molar refractivity (Wildman–Crippen MR) is 169 cm³/mol. The van der Waals surface area contributed by atoms with Crippen LogP contribution < -0.4 is 5.84 Å². The van der Waals surface area contributed by atoms with Gasteiger partial charge in [-0.25, -0.2) is 0 Å². The molecule has 190 valence electrons. The maximum atomic E-state index is 6.74. The zero-order valence-corrected chi connectivity index (χ0v) is 21.8. The van der Waals surface area contributed by atoms with E-state index in [4.69, 9.17) is 5.84 Å². The number of benzene rings is 5. The SMILES string of the molecule is Nn1c2ccccc2c2c3c4c(ccc5c6ccccc6n(C6C=CC=CC6)c54)n(-c4ccccc4)c3ccc21. The molecule has 3 heterocycles. The Hall–Kier alpha value is -5.22. The van der Waals surface area contributed by atoms with Crippen molar-refractivity contribution in [3.05, 3.63) is 127 Å². The van der Waals surface area contributed by atoms with Crippen molar-refractivity contribution >= 4 is 65.4 Å². The van der Waals surface area contributed by atoms with Crippen molar-refractivity contribution in [2.24, 2.45) is 0 Å². The molecule has 0 amide bonds. The van der Waals surface area contributed by atoms with Gasteiger partial charge in [-0.15, -0.1) is 0 Å². The Morgan fingerprint density at radius 1 is 0.550 bits per heavy atom. The average molecular weight is 515 g/mol. The lowest BCUT2D eigenvalue weighted by Gasteiger charge is -2.19. The molecular formula is C36H26N4. The second-order valence-electron chi connectivity index (χ2n) is 10.8. The van der Waals surface area contributed by atoms with Gasteiger partial charge in [0.1, 0.15) is 0 Å². The molecule has 1 atom stereocenters. The van der Waals surface area contributed by atoms with Crippen molar-refractivity contribution in [3.8, 4) is 5.69 Å². The van der Waals surface area contributed by atoms with E-state index < -0.39 is 0 Å². The number of hydrogen-bond donors (Lipinski definition) is 1. The van der Waals surface area contributed by atoms with E-state index in [9.17, 15) is 0 Å². The minimum absolute atomic E-state index is 0.239. The highest BCUT2D eigenvalue weighted by molar-refractivity contribution is 6.34. The minimum atomic E-state index is 0.239. The molecule has 8 aromatic rings. The number of nitrogens with two attached hydrogens (primary N) is 1. The van der Waals surface area contributed by atoms with Gasteiger partial charge < -0.3 is 15.0 Å². The minimum Gasteiger partial charge on any atom is -0.339 e. The molecule has 0 bridgehead atoms. The number of aromatic nitrogens is 3. The van der Waals surface area contributed by atoms with E-state index in [2.05, 4.69) is 137 Å². The van der Waals surface area contributed by atoms with Gasteiger partial charge in [-0.1, -0.05) is 85.0 Å². The van der Waals surface area contributed by atoms with Gasteiger partial charge in [0.25, 0.3) is 0 Å². The summed E-state index contributed by atoms with van der Waals surface area (Å²) in [5.74, 6) is 6.74. The normalized spacial score (nSPS) is 15.6. The van der Waals surface area contributed by atoms with Crippen molar-refractivity contribution in [1.29, 1.82) is 0 Å². The summed E-state index contributed by atoms with van der Waals surface area (Å²) in [5.41, 5.74) is 8.18. The fourth-order valence-corrected chi connectivity index (χ4v) is 7.12. The Balaban J connectivity index is 1.61. The van der Waals surface area contributed by atoms with Gasteiger partial charge in [0.05, 0.1) is 33.6 Å². The first-order chi connectivity index (χ1) is 19.8. The summed E-state index contributed by atoms with van der Waals surface area (Å²) in [5, 5.41) is 7.48. The third-order valence-electron chi connectivity index (χ3n) is 8.74. The molecule has 0 saturated carbocycles. The van der Waals surface area contributed by atoms with E-state index in [-0.39, 0.29) is 6.04 Å². The van der Waals surface area contributed by atoms with Gasteiger partial charge >= 0.3 is 0 Å². The van der Waals surface area contributed by atoms with Crippen LogP contribution in [0.25, 0.3) is 71.1 Å². The maximum absolute atomic E-state index is 6.74. The van der Waals surface area contributed by atoms with Crippen molar-refractivity contribution in [1.82, 2.24) is 13.8 Å². The van der Waals surface area contributed by atoms with Gasteiger partial charge in [-0.2, -0.15) is 0 Å². The number of allylic oxidation sites excluding steroid dienone is 4. The molecule has 0 radical (unpaired) electrons. The molecule has 1 unspecified atom stereocenters. The van der Waals surface area contributed by atoms with E-state index in [1.807, 2.05) is 4.68 Å². The second-order valence-corrected chi connectivity index (χ2v) is 10.8. The Labute approximate surface area is 230 Å². The number of fused-ring (bicyclic) bond motifs is 11. The third kappa shape index (κ3) is 2.70.